The number of carbonyl (C=O) groups is 3. The van der Waals surface area contributed by atoms with E-state index in [4.69, 9.17) is 0 Å². The number of nitrogens with one attached hydrogen (secondary N) is 1. The summed E-state index contributed by atoms with van der Waals surface area (Å²) in [6.45, 7) is 7.95. The molecule has 0 saturated heterocycles. The Hall–Kier alpha value is -2.93. The summed E-state index contributed by atoms with van der Waals surface area (Å²) in [5.41, 5.74) is 0. The van der Waals surface area contributed by atoms with Crippen LogP contribution in [0, 0.1) is 5.92 Å². The monoisotopic (exact) mass is 470 g/mol. The molecule has 2 rings (SSSR count). The number of allylic oxidation sites excluding steroid dienone is 2. The molecule has 0 fully saturated rings. The van der Waals surface area contributed by atoms with E-state index >= 15 is 0 Å². The first-order valence-corrected chi connectivity index (χ1v) is 12.1. The summed E-state index contributed by atoms with van der Waals surface area (Å²) in [5.74, 6) is -2.28. The SMILES string of the molecule is C=CCCC[C@H](CC(=O)O)C(=O)N[C@@H](Cc1cc2ccccc2s1)C(=O)N(C)CCCC=C. The fraction of sp³-hybridized carbons (Fsp3) is 0.423. The number of rotatable bonds is 15. The second-order valence-electron chi connectivity index (χ2n) is 8.22. The van der Waals surface area contributed by atoms with E-state index in [2.05, 4.69) is 18.5 Å². The van der Waals surface area contributed by atoms with Crippen molar-refractivity contribution in [2.45, 2.75) is 51.0 Å². The molecule has 0 spiro atoms. The van der Waals surface area contributed by atoms with Crippen LogP contribution in [0.1, 0.15) is 43.4 Å². The van der Waals surface area contributed by atoms with Crippen molar-refractivity contribution >= 4 is 39.2 Å². The molecular formula is C26H34N2O4S. The Bertz CT molecular complexity index is 935. The normalized spacial score (nSPS) is 12.6. The third-order valence-corrected chi connectivity index (χ3v) is 6.67. The molecule has 0 unspecified atom stereocenters. The van der Waals surface area contributed by atoms with Gasteiger partial charge in [0.15, 0.2) is 0 Å². The van der Waals surface area contributed by atoms with Gasteiger partial charge in [-0.3, -0.25) is 14.4 Å². The Labute approximate surface area is 200 Å². The zero-order chi connectivity index (χ0) is 24.2. The Balaban J connectivity index is 2.20. The first-order chi connectivity index (χ1) is 15.8. The minimum Gasteiger partial charge on any atom is -0.481 e. The van der Waals surface area contributed by atoms with Gasteiger partial charge in [0, 0.05) is 35.5 Å². The van der Waals surface area contributed by atoms with Gasteiger partial charge in [0.25, 0.3) is 0 Å². The van der Waals surface area contributed by atoms with Crippen LogP contribution in [-0.4, -0.2) is 47.4 Å². The number of aliphatic carboxylic acids is 1. The van der Waals surface area contributed by atoms with Crippen LogP contribution in [0.15, 0.2) is 55.6 Å². The number of unbranched alkanes of at least 4 members (excludes halogenated alkanes) is 2. The smallest absolute Gasteiger partial charge is 0.304 e. The van der Waals surface area contributed by atoms with E-state index in [1.807, 2.05) is 36.4 Å². The lowest BCUT2D eigenvalue weighted by molar-refractivity contribution is -0.142. The van der Waals surface area contributed by atoms with Crippen molar-refractivity contribution in [3.8, 4) is 0 Å². The molecule has 7 heteroatoms. The van der Waals surface area contributed by atoms with Crippen LogP contribution in [0.4, 0.5) is 0 Å². The topological polar surface area (TPSA) is 86.7 Å². The summed E-state index contributed by atoms with van der Waals surface area (Å²) in [5, 5.41) is 13.3. The van der Waals surface area contributed by atoms with Gasteiger partial charge in [-0.15, -0.1) is 24.5 Å². The lowest BCUT2D eigenvalue weighted by atomic mass is 9.96. The largest absolute Gasteiger partial charge is 0.481 e. The van der Waals surface area contributed by atoms with Crippen molar-refractivity contribution in [3.63, 3.8) is 0 Å². The Morgan fingerprint density at radius 2 is 1.85 bits per heavy atom. The number of nitrogens with zero attached hydrogens (tertiary/aromatic N) is 1. The number of carboxylic acids is 1. The van der Waals surface area contributed by atoms with Crippen molar-refractivity contribution in [1.29, 1.82) is 0 Å². The van der Waals surface area contributed by atoms with Crippen LogP contribution in [0.5, 0.6) is 0 Å². The van der Waals surface area contributed by atoms with Gasteiger partial charge in [-0.05, 0) is 49.6 Å². The number of likely N-dealkylation sites (N-methyl/N-ethyl adjacent to an activating group) is 1. The first-order valence-electron chi connectivity index (χ1n) is 11.3. The highest BCUT2D eigenvalue weighted by molar-refractivity contribution is 7.19. The van der Waals surface area contributed by atoms with Crippen molar-refractivity contribution in [3.05, 3.63) is 60.5 Å². The lowest BCUT2D eigenvalue weighted by Crippen LogP contribution is -2.50. The number of carboxylic acid groups (broad SMARTS) is 1. The number of hydrogen-bond acceptors (Lipinski definition) is 4. The molecule has 6 nitrogen and oxygen atoms in total. The number of hydrogen-bond donors (Lipinski definition) is 2. The van der Waals surface area contributed by atoms with Crippen LogP contribution >= 0.6 is 11.3 Å². The second kappa shape index (κ2) is 13.6. The van der Waals surface area contributed by atoms with Crippen molar-refractivity contribution in [2.24, 2.45) is 5.92 Å². The molecule has 1 aromatic carbocycles. The van der Waals surface area contributed by atoms with Gasteiger partial charge in [-0.25, -0.2) is 0 Å². The Kier molecular flexibility index (Phi) is 10.8. The summed E-state index contributed by atoms with van der Waals surface area (Å²) in [7, 11) is 1.73. The first kappa shape index (κ1) is 26.3. The standard InChI is InChI=1S/C26H34N2O4S/c1-4-6-8-13-20(17-24(29)30)25(31)27-22(26(32)28(3)15-11-7-5-2)18-21-16-19-12-9-10-14-23(19)33-21/h4-5,9-10,12,14,16,20,22H,1-2,6-8,11,13,15,17-18H2,3H3,(H,27,31)(H,29,30)/t20-,22+/m1/s1. The zero-order valence-corrected chi connectivity index (χ0v) is 20.1. The van der Waals surface area contributed by atoms with E-state index in [9.17, 15) is 19.5 Å². The van der Waals surface area contributed by atoms with Crippen molar-refractivity contribution in [1.82, 2.24) is 10.2 Å². The fourth-order valence-corrected chi connectivity index (χ4v) is 4.83. The minimum absolute atomic E-state index is 0.176. The molecule has 2 N–H and O–H groups in total. The van der Waals surface area contributed by atoms with Gasteiger partial charge in [0.2, 0.25) is 11.8 Å². The van der Waals surface area contributed by atoms with E-state index < -0.39 is 17.9 Å². The highest BCUT2D eigenvalue weighted by Crippen LogP contribution is 2.26. The number of thiophene rings is 1. The van der Waals surface area contributed by atoms with E-state index in [1.54, 1.807) is 29.4 Å². The zero-order valence-electron chi connectivity index (χ0n) is 19.3. The van der Waals surface area contributed by atoms with Gasteiger partial charge < -0.3 is 15.3 Å². The minimum atomic E-state index is -1.03. The van der Waals surface area contributed by atoms with Gasteiger partial charge >= 0.3 is 5.97 Å². The van der Waals surface area contributed by atoms with E-state index in [0.717, 1.165) is 27.8 Å². The third kappa shape index (κ3) is 8.50. The van der Waals surface area contributed by atoms with Crippen LogP contribution in [-0.2, 0) is 20.8 Å². The quantitative estimate of drug-likeness (QED) is 0.289. The van der Waals surface area contributed by atoms with Crippen molar-refractivity contribution < 1.29 is 19.5 Å². The molecule has 0 saturated carbocycles. The van der Waals surface area contributed by atoms with Gasteiger partial charge in [0.1, 0.15) is 6.04 Å². The fourth-order valence-electron chi connectivity index (χ4n) is 3.72. The molecule has 2 atom stereocenters. The van der Waals surface area contributed by atoms with Gasteiger partial charge in [0.05, 0.1) is 6.42 Å². The molecule has 0 aliphatic heterocycles. The molecule has 33 heavy (non-hydrogen) atoms. The number of carbonyl (C=O) groups excluding carboxylic acids is 2. The number of amides is 2. The molecule has 0 bridgehead atoms. The summed E-state index contributed by atoms with van der Waals surface area (Å²) in [4.78, 5) is 40.3. The maximum atomic E-state index is 13.3. The molecule has 2 aromatic rings. The van der Waals surface area contributed by atoms with Crippen LogP contribution in [0.25, 0.3) is 10.1 Å². The van der Waals surface area contributed by atoms with Gasteiger partial charge in [-0.1, -0.05) is 30.4 Å². The van der Waals surface area contributed by atoms with E-state index in [1.165, 1.54) is 0 Å². The maximum Gasteiger partial charge on any atom is 0.304 e. The number of fused-ring (bicyclic) bond motifs is 1. The molecule has 0 aliphatic rings. The highest BCUT2D eigenvalue weighted by atomic mass is 32.1. The molecule has 1 aromatic heterocycles. The maximum absolute atomic E-state index is 13.3. The second-order valence-corrected chi connectivity index (χ2v) is 9.39. The van der Waals surface area contributed by atoms with Crippen LogP contribution in [0.2, 0.25) is 0 Å². The summed E-state index contributed by atoms with van der Waals surface area (Å²) in [6.07, 6.45) is 7.07. The summed E-state index contributed by atoms with van der Waals surface area (Å²) in [6, 6.07) is 9.28. The van der Waals surface area contributed by atoms with E-state index in [-0.39, 0.29) is 18.2 Å². The molecular weight excluding hydrogens is 436 g/mol. The predicted octanol–water partition coefficient (Wildman–Crippen LogP) is 4.80. The summed E-state index contributed by atoms with van der Waals surface area (Å²) >= 11 is 1.60. The average molecular weight is 471 g/mol. The molecule has 2 amide bonds. The van der Waals surface area contributed by atoms with Crippen LogP contribution in [0.3, 0.4) is 0 Å². The number of benzene rings is 1. The van der Waals surface area contributed by atoms with Gasteiger partial charge in [-0.2, -0.15) is 0 Å². The molecule has 0 aliphatic carbocycles. The third-order valence-electron chi connectivity index (χ3n) is 5.53. The lowest BCUT2D eigenvalue weighted by Gasteiger charge is -2.26. The molecule has 1 heterocycles. The predicted molar refractivity (Wildman–Crippen MR) is 134 cm³/mol. The molecule has 178 valence electrons. The van der Waals surface area contributed by atoms with Crippen molar-refractivity contribution in [2.75, 3.05) is 13.6 Å². The average Bonchev–Trinajstić information content (AvgIpc) is 3.19. The summed E-state index contributed by atoms with van der Waals surface area (Å²) < 4.78 is 1.12. The van der Waals surface area contributed by atoms with E-state index in [0.29, 0.717) is 32.2 Å². The Morgan fingerprint density at radius 3 is 2.52 bits per heavy atom. The molecule has 0 radical (unpaired) electrons. The van der Waals surface area contributed by atoms with Crippen LogP contribution < -0.4 is 5.32 Å². The Morgan fingerprint density at radius 1 is 1.15 bits per heavy atom. The highest BCUT2D eigenvalue weighted by Gasteiger charge is 2.29.